The molecule has 4 rings (SSSR count). The van der Waals surface area contributed by atoms with Crippen LogP contribution in [0.15, 0.2) is 82.5 Å². The molecule has 0 unspecified atom stereocenters. The van der Waals surface area contributed by atoms with Crippen LogP contribution in [0.4, 0.5) is 0 Å². The molecular formula is C24H18BrCl2N3O. The van der Waals surface area contributed by atoms with Crippen molar-refractivity contribution in [2.75, 3.05) is 0 Å². The number of nitrogens with one attached hydrogen (secondary N) is 1. The lowest BCUT2D eigenvalue weighted by Gasteiger charge is -2.06. The smallest absolute Gasteiger partial charge is 0.244 e. The molecule has 1 heterocycles. The highest BCUT2D eigenvalue weighted by molar-refractivity contribution is 9.10. The summed E-state index contributed by atoms with van der Waals surface area (Å²) in [5.41, 5.74) is 6.56. The van der Waals surface area contributed by atoms with Crippen molar-refractivity contribution in [3.63, 3.8) is 0 Å². The molecule has 31 heavy (non-hydrogen) atoms. The first kappa shape index (κ1) is 21.6. The number of amides is 1. The van der Waals surface area contributed by atoms with Crippen LogP contribution in [0.5, 0.6) is 0 Å². The van der Waals surface area contributed by atoms with Crippen LogP contribution in [0.1, 0.15) is 16.7 Å². The van der Waals surface area contributed by atoms with E-state index in [1.165, 1.54) is 0 Å². The lowest BCUT2D eigenvalue weighted by molar-refractivity contribution is -0.120. The van der Waals surface area contributed by atoms with E-state index in [0.29, 0.717) is 16.6 Å². The van der Waals surface area contributed by atoms with Crippen LogP contribution < -0.4 is 5.43 Å². The highest BCUT2D eigenvalue weighted by Gasteiger charge is 2.09. The minimum atomic E-state index is -0.168. The van der Waals surface area contributed by atoms with Crippen LogP contribution in [0.2, 0.25) is 10.0 Å². The summed E-state index contributed by atoms with van der Waals surface area (Å²) in [4.78, 5) is 12.2. The predicted molar refractivity (Wildman–Crippen MR) is 131 cm³/mol. The fourth-order valence-corrected chi connectivity index (χ4v) is 3.93. The highest BCUT2D eigenvalue weighted by Crippen LogP contribution is 2.25. The molecule has 1 N–H and O–H groups in total. The zero-order valence-corrected chi connectivity index (χ0v) is 19.5. The third-order valence-corrected chi connectivity index (χ3v) is 6.09. The van der Waals surface area contributed by atoms with Crippen molar-refractivity contribution < 1.29 is 4.79 Å². The molecule has 156 valence electrons. The number of aromatic nitrogens is 1. The number of fused-ring (bicyclic) bond motifs is 1. The molecular weight excluding hydrogens is 497 g/mol. The van der Waals surface area contributed by atoms with Crippen molar-refractivity contribution in [3.05, 3.63) is 104 Å². The van der Waals surface area contributed by atoms with Crippen molar-refractivity contribution in [1.29, 1.82) is 0 Å². The first-order valence-electron chi connectivity index (χ1n) is 9.58. The molecule has 4 nitrogen and oxygen atoms in total. The Morgan fingerprint density at radius 1 is 1.00 bits per heavy atom. The largest absolute Gasteiger partial charge is 0.342 e. The Labute approximate surface area is 198 Å². The fraction of sp³-hybridized carbons (Fsp3) is 0.0833. The van der Waals surface area contributed by atoms with Gasteiger partial charge in [0, 0.05) is 33.7 Å². The van der Waals surface area contributed by atoms with Gasteiger partial charge in [-0.2, -0.15) is 5.10 Å². The van der Waals surface area contributed by atoms with Gasteiger partial charge in [0.1, 0.15) is 0 Å². The normalized spacial score (nSPS) is 11.3. The Kier molecular flexibility index (Phi) is 6.76. The van der Waals surface area contributed by atoms with E-state index in [-0.39, 0.29) is 12.3 Å². The second kappa shape index (κ2) is 9.69. The van der Waals surface area contributed by atoms with Crippen LogP contribution in [0.25, 0.3) is 10.9 Å². The molecule has 0 spiro atoms. The molecule has 4 aromatic rings. The van der Waals surface area contributed by atoms with Gasteiger partial charge in [-0.15, -0.1) is 0 Å². The molecule has 7 heteroatoms. The number of para-hydroxylation sites is 1. The van der Waals surface area contributed by atoms with Gasteiger partial charge in [0.2, 0.25) is 5.91 Å². The number of nitrogens with zero attached hydrogens (tertiary/aromatic N) is 2. The summed E-state index contributed by atoms with van der Waals surface area (Å²) < 4.78 is 3.10. The number of rotatable bonds is 6. The summed E-state index contributed by atoms with van der Waals surface area (Å²) in [6.45, 7) is 0.640. The second-order valence-electron chi connectivity index (χ2n) is 7.07. The van der Waals surface area contributed by atoms with Crippen LogP contribution in [0, 0.1) is 0 Å². The minimum absolute atomic E-state index is 0.168. The van der Waals surface area contributed by atoms with Crippen molar-refractivity contribution >= 4 is 62.2 Å². The van der Waals surface area contributed by atoms with E-state index in [2.05, 4.69) is 37.1 Å². The van der Waals surface area contributed by atoms with E-state index < -0.39 is 0 Å². The SMILES string of the molecule is O=C(Cc1ccc(Br)cc1)N/N=C\c1cn(Cc2ccc(Cl)c(Cl)c2)c2ccccc12. The van der Waals surface area contributed by atoms with E-state index >= 15 is 0 Å². The Morgan fingerprint density at radius 3 is 2.52 bits per heavy atom. The zero-order valence-electron chi connectivity index (χ0n) is 16.4. The third-order valence-electron chi connectivity index (χ3n) is 4.83. The van der Waals surface area contributed by atoms with E-state index in [4.69, 9.17) is 23.2 Å². The molecule has 3 aromatic carbocycles. The number of carbonyl (C=O) groups is 1. The fourth-order valence-electron chi connectivity index (χ4n) is 3.34. The number of hydrazone groups is 1. The van der Waals surface area contributed by atoms with Gasteiger partial charge in [0.05, 0.1) is 22.7 Å². The van der Waals surface area contributed by atoms with Crippen molar-refractivity contribution in [2.45, 2.75) is 13.0 Å². The molecule has 0 aliphatic heterocycles. The number of hydrogen-bond acceptors (Lipinski definition) is 2. The van der Waals surface area contributed by atoms with Crippen LogP contribution in [0.3, 0.4) is 0 Å². The van der Waals surface area contributed by atoms with E-state index in [9.17, 15) is 4.79 Å². The second-order valence-corrected chi connectivity index (χ2v) is 8.80. The van der Waals surface area contributed by atoms with Crippen LogP contribution >= 0.6 is 39.1 Å². The van der Waals surface area contributed by atoms with Gasteiger partial charge in [0.25, 0.3) is 0 Å². The maximum absolute atomic E-state index is 12.2. The average molecular weight is 515 g/mol. The molecule has 0 bridgehead atoms. The maximum Gasteiger partial charge on any atom is 0.244 e. The third kappa shape index (κ3) is 5.37. The topological polar surface area (TPSA) is 46.4 Å². The average Bonchev–Trinajstić information content (AvgIpc) is 3.10. The first-order chi connectivity index (χ1) is 15.0. The lowest BCUT2D eigenvalue weighted by atomic mass is 10.1. The van der Waals surface area contributed by atoms with Gasteiger partial charge < -0.3 is 4.57 Å². The minimum Gasteiger partial charge on any atom is -0.342 e. The lowest BCUT2D eigenvalue weighted by Crippen LogP contribution is -2.19. The summed E-state index contributed by atoms with van der Waals surface area (Å²) in [5, 5.41) is 6.29. The summed E-state index contributed by atoms with van der Waals surface area (Å²) >= 11 is 15.6. The van der Waals surface area contributed by atoms with Gasteiger partial charge >= 0.3 is 0 Å². The van der Waals surface area contributed by atoms with Crippen molar-refractivity contribution in [2.24, 2.45) is 5.10 Å². The number of halogens is 3. The quantitative estimate of drug-likeness (QED) is 0.233. The number of carbonyl (C=O) groups excluding carboxylic acids is 1. The van der Waals surface area contributed by atoms with E-state index in [0.717, 1.165) is 32.1 Å². The molecule has 1 amide bonds. The summed E-state index contributed by atoms with van der Waals surface area (Å²) in [5.74, 6) is -0.168. The Morgan fingerprint density at radius 2 is 1.74 bits per heavy atom. The van der Waals surface area contributed by atoms with Gasteiger partial charge in [-0.05, 0) is 41.5 Å². The number of benzene rings is 3. The molecule has 0 fully saturated rings. The van der Waals surface area contributed by atoms with E-state index in [1.54, 1.807) is 12.3 Å². The molecule has 1 aromatic heterocycles. The monoisotopic (exact) mass is 513 g/mol. The molecule has 0 radical (unpaired) electrons. The van der Waals surface area contributed by atoms with Gasteiger partial charge in [-0.1, -0.05) is 75.5 Å². The summed E-state index contributed by atoms with van der Waals surface area (Å²) in [6, 6.07) is 21.3. The molecule has 0 aliphatic rings. The van der Waals surface area contributed by atoms with Crippen LogP contribution in [-0.4, -0.2) is 16.7 Å². The maximum atomic E-state index is 12.2. The van der Waals surface area contributed by atoms with Crippen molar-refractivity contribution in [1.82, 2.24) is 9.99 Å². The van der Waals surface area contributed by atoms with Crippen molar-refractivity contribution in [3.8, 4) is 0 Å². The highest BCUT2D eigenvalue weighted by atomic mass is 79.9. The molecule has 0 aliphatic carbocycles. The molecule has 0 saturated carbocycles. The zero-order chi connectivity index (χ0) is 21.8. The molecule has 0 saturated heterocycles. The number of hydrogen-bond donors (Lipinski definition) is 1. The summed E-state index contributed by atoms with van der Waals surface area (Å²) in [7, 11) is 0. The first-order valence-corrected chi connectivity index (χ1v) is 11.1. The standard InChI is InChI=1S/C24H18BrCl2N3O/c25-19-8-5-16(6-9-19)12-24(31)29-28-13-18-15-30(23-4-2-1-3-20(18)23)14-17-7-10-21(26)22(27)11-17/h1-11,13,15H,12,14H2,(H,29,31)/b28-13-. The van der Waals surface area contributed by atoms with Gasteiger partial charge in [0.15, 0.2) is 0 Å². The molecule has 0 atom stereocenters. The van der Waals surface area contributed by atoms with Crippen LogP contribution in [-0.2, 0) is 17.8 Å². The van der Waals surface area contributed by atoms with E-state index in [1.807, 2.05) is 60.8 Å². The Balaban J connectivity index is 1.50. The predicted octanol–water partition coefficient (Wildman–Crippen LogP) is 6.45. The Bertz CT molecular complexity index is 1270. The Hall–Kier alpha value is -2.60. The van der Waals surface area contributed by atoms with Gasteiger partial charge in [-0.3, -0.25) is 4.79 Å². The summed E-state index contributed by atoms with van der Waals surface area (Å²) in [6.07, 6.45) is 3.95. The van der Waals surface area contributed by atoms with Gasteiger partial charge in [-0.25, -0.2) is 5.43 Å².